The van der Waals surface area contributed by atoms with Crippen molar-refractivity contribution in [2.45, 2.75) is 33.7 Å². The van der Waals surface area contributed by atoms with Gasteiger partial charge in [0.1, 0.15) is 0 Å². The zero-order valence-corrected chi connectivity index (χ0v) is 11.9. The number of nitrogens with two attached hydrogens (primary N) is 1. The van der Waals surface area contributed by atoms with Gasteiger partial charge in [0.05, 0.1) is 0 Å². The Morgan fingerprint density at radius 3 is 2.53 bits per heavy atom. The average molecular weight is 261 g/mol. The summed E-state index contributed by atoms with van der Waals surface area (Å²) < 4.78 is 2.05. The maximum Gasteiger partial charge on any atom is 0.235 e. The highest BCUT2D eigenvalue weighted by Gasteiger charge is 2.02. The predicted molar refractivity (Wildman–Crippen MR) is 79.4 cm³/mol. The van der Waals surface area contributed by atoms with Gasteiger partial charge in [-0.2, -0.15) is 0 Å². The van der Waals surface area contributed by atoms with Gasteiger partial charge in [0.15, 0.2) is 0 Å². The number of hydrogen-bond acceptors (Lipinski definition) is 2. The van der Waals surface area contributed by atoms with Gasteiger partial charge in [0.25, 0.3) is 0 Å². The Bertz CT molecular complexity index is 514. The number of rotatable bonds is 3. The molecule has 0 atom stereocenters. The highest BCUT2D eigenvalue weighted by molar-refractivity contribution is 5.80. The topological polar surface area (TPSA) is 60.0 Å². The number of benzene rings is 1. The third-order valence-corrected chi connectivity index (χ3v) is 2.42. The van der Waals surface area contributed by atoms with Crippen molar-refractivity contribution in [2.75, 3.05) is 0 Å². The van der Waals surface area contributed by atoms with Gasteiger partial charge in [-0.15, -0.1) is 0 Å². The van der Waals surface area contributed by atoms with Crippen molar-refractivity contribution in [3.05, 3.63) is 36.5 Å². The van der Waals surface area contributed by atoms with Crippen LogP contribution in [0.2, 0.25) is 0 Å². The Morgan fingerprint density at radius 1 is 1.26 bits per heavy atom. The lowest BCUT2D eigenvalue weighted by molar-refractivity contribution is -0.121. The van der Waals surface area contributed by atoms with E-state index in [4.69, 9.17) is 5.84 Å². The fraction of sp³-hybridized carbons (Fsp3) is 0.400. The molecular weight excluding hydrogens is 238 g/mol. The van der Waals surface area contributed by atoms with Crippen molar-refractivity contribution in [1.29, 1.82) is 0 Å². The van der Waals surface area contributed by atoms with Gasteiger partial charge < -0.3 is 4.57 Å². The van der Waals surface area contributed by atoms with Gasteiger partial charge in [-0.1, -0.05) is 39.0 Å². The summed E-state index contributed by atoms with van der Waals surface area (Å²) in [5.74, 6) is 5.70. The van der Waals surface area contributed by atoms with Crippen LogP contribution in [0.3, 0.4) is 0 Å². The maximum atomic E-state index is 11.0. The molecule has 4 heteroatoms. The van der Waals surface area contributed by atoms with Crippen molar-refractivity contribution in [3.8, 4) is 0 Å². The summed E-state index contributed by atoms with van der Waals surface area (Å²) >= 11 is 0. The molecule has 4 nitrogen and oxygen atoms in total. The molecule has 2 rings (SSSR count). The van der Waals surface area contributed by atoms with Crippen molar-refractivity contribution < 1.29 is 4.79 Å². The van der Waals surface area contributed by atoms with Crippen LogP contribution < -0.4 is 11.3 Å². The minimum atomic E-state index is -0.146. The second-order valence-electron chi connectivity index (χ2n) is 5.12. The number of nitrogens with zero attached hydrogens (tertiary/aromatic N) is 1. The number of nitrogens with one attached hydrogen (secondary N) is 1. The van der Waals surface area contributed by atoms with E-state index in [1.54, 1.807) is 0 Å². The first-order valence-corrected chi connectivity index (χ1v) is 6.58. The van der Waals surface area contributed by atoms with Crippen LogP contribution in [0.15, 0.2) is 36.5 Å². The van der Waals surface area contributed by atoms with Gasteiger partial charge in [-0.25, -0.2) is 5.84 Å². The van der Waals surface area contributed by atoms with Gasteiger partial charge in [-0.3, -0.25) is 10.2 Å². The fourth-order valence-corrected chi connectivity index (χ4v) is 1.63. The second-order valence-corrected chi connectivity index (χ2v) is 5.12. The zero-order chi connectivity index (χ0) is 14.3. The number of aromatic nitrogens is 1. The minimum Gasteiger partial charge on any atom is -0.347 e. The molecule has 0 bridgehead atoms. The number of amides is 1. The van der Waals surface area contributed by atoms with Crippen LogP contribution in [-0.2, 0) is 11.3 Å². The van der Waals surface area contributed by atoms with E-state index in [2.05, 4.69) is 32.3 Å². The van der Waals surface area contributed by atoms with Crippen LogP contribution in [0.1, 0.15) is 27.2 Å². The van der Waals surface area contributed by atoms with Crippen LogP contribution in [0.4, 0.5) is 0 Å². The molecule has 1 aromatic carbocycles. The smallest absolute Gasteiger partial charge is 0.235 e. The van der Waals surface area contributed by atoms with Gasteiger partial charge in [-0.05, 0) is 23.4 Å². The molecule has 104 valence electrons. The number of hydrazine groups is 1. The number of fused-ring (bicyclic) bond motifs is 1. The molecule has 3 N–H and O–H groups in total. The highest BCUT2D eigenvalue weighted by Crippen LogP contribution is 2.15. The van der Waals surface area contributed by atoms with Crippen molar-refractivity contribution in [3.63, 3.8) is 0 Å². The molecule has 19 heavy (non-hydrogen) atoms. The van der Waals surface area contributed by atoms with Gasteiger partial charge in [0, 0.05) is 24.7 Å². The van der Waals surface area contributed by atoms with E-state index in [1.807, 2.05) is 35.0 Å². The van der Waals surface area contributed by atoms with E-state index >= 15 is 0 Å². The highest BCUT2D eigenvalue weighted by atomic mass is 16.2. The molecule has 0 aliphatic carbocycles. The molecular formula is C15H23N3O. The molecule has 0 spiro atoms. The number of hydrogen-bond donors (Lipinski definition) is 2. The predicted octanol–water partition coefficient (Wildman–Crippen LogP) is 2.68. The normalized spacial score (nSPS) is 10.2. The quantitative estimate of drug-likeness (QED) is 0.507. The van der Waals surface area contributed by atoms with E-state index in [-0.39, 0.29) is 5.91 Å². The van der Waals surface area contributed by atoms with Crippen molar-refractivity contribution in [1.82, 2.24) is 9.99 Å². The summed E-state index contributed by atoms with van der Waals surface area (Å²) in [6, 6.07) is 10.1. The first-order valence-electron chi connectivity index (χ1n) is 6.58. The van der Waals surface area contributed by atoms with Crippen molar-refractivity contribution >= 4 is 16.8 Å². The molecule has 0 aliphatic heterocycles. The molecule has 0 fully saturated rings. The monoisotopic (exact) mass is 261 g/mol. The first-order chi connectivity index (χ1) is 9.04. The van der Waals surface area contributed by atoms with E-state index in [1.165, 1.54) is 5.39 Å². The third kappa shape index (κ3) is 5.14. The van der Waals surface area contributed by atoms with Crippen LogP contribution in [0.5, 0.6) is 0 Å². The summed E-state index contributed by atoms with van der Waals surface area (Å²) in [6.07, 6.45) is 2.38. The Kier molecular flexibility index (Phi) is 6.09. The van der Waals surface area contributed by atoms with Crippen LogP contribution >= 0.6 is 0 Å². The molecule has 0 unspecified atom stereocenters. The molecule has 0 saturated heterocycles. The number of carbonyl (C=O) groups is 1. The SMILES string of the molecule is CC(C)C.NNC(=O)CCn1ccc2ccccc21. The standard InChI is InChI=1S/C11H13N3O.C4H10/c12-13-11(15)6-8-14-7-5-9-3-1-2-4-10(9)14;1-4(2)3/h1-5,7H,6,8,12H2,(H,13,15);4H,1-3H3. The molecule has 2 aromatic rings. The summed E-state index contributed by atoms with van der Waals surface area (Å²) in [7, 11) is 0. The lowest BCUT2D eigenvalue weighted by Crippen LogP contribution is -2.30. The van der Waals surface area contributed by atoms with Crippen LogP contribution in [0.25, 0.3) is 10.9 Å². The first kappa shape index (κ1) is 15.2. The summed E-state index contributed by atoms with van der Waals surface area (Å²) in [5.41, 5.74) is 3.26. The number of aryl methyl sites for hydroxylation is 1. The molecule has 0 radical (unpaired) electrons. The second kappa shape index (κ2) is 7.59. The van der Waals surface area contributed by atoms with Gasteiger partial charge in [0.2, 0.25) is 5.91 Å². The molecule has 0 saturated carbocycles. The number of carbonyl (C=O) groups excluding carboxylic acids is 1. The van der Waals surface area contributed by atoms with E-state index < -0.39 is 0 Å². The fourth-order valence-electron chi connectivity index (χ4n) is 1.63. The average Bonchev–Trinajstić information content (AvgIpc) is 2.78. The Morgan fingerprint density at radius 2 is 1.89 bits per heavy atom. The third-order valence-electron chi connectivity index (χ3n) is 2.42. The van der Waals surface area contributed by atoms with E-state index in [9.17, 15) is 4.79 Å². The molecule has 1 aromatic heterocycles. The summed E-state index contributed by atoms with van der Waals surface area (Å²) in [4.78, 5) is 11.0. The van der Waals surface area contributed by atoms with E-state index in [0.29, 0.717) is 13.0 Å². The minimum absolute atomic E-state index is 0.146. The number of para-hydroxylation sites is 1. The lowest BCUT2D eigenvalue weighted by atomic mass is 10.2. The van der Waals surface area contributed by atoms with E-state index in [0.717, 1.165) is 11.4 Å². The molecule has 0 aliphatic rings. The summed E-state index contributed by atoms with van der Waals surface area (Å²) in [6.45, 7) is 7.15. The maximum absolute atomic E-state index is 11.0. The Labute approximate surface area is 114 Å². The summed E-state index contributed by atoms with van der Waals surface area (Å²) in [5, 5.41) is 1.19. The van der Waals surface area contributed by atoms with Crippen LogP contribution in [-0.4, -0.2) is 10.5 Å². The Balaban J connectivity index is 0.000000399. The van der Waals surface area contributed by atoms with Gasteiger partial charge >= 0.3 is 0 Å². The Hall–Kier alpha value is -1.81. The van der Waals surface area contributed by atoms with Crippen LogP contribution in [0, 0.1) is 5.92 Å². The van der Waals surface area contributed by atoms with Crippen molar-refractivity contribution in [2.24, 2.45) is 11.8 Å². The lowest BCUT2D eigenvalue weighted by Gasteiger charge is -2.04. The molecule has 1 heterocycles. The zero-order valence-electron chi connectivity index (χ0n) is 11.9. The largest absolute Gasteiger partial charge is 0.347 e. The molecule has 1 amide bonds.